The van der Waals surface area contributed by atoms with Gasteiger partial charge in [0.1, 0.15) is 5.52 Å². The average Bonchev–Trinajstić information content (AvgIpc) is 3.44. The Hall–Kier alpha value is -3.63. The Labute approximate surface area is 166 Å². The molecule has 154 valence electrons. The molecule has 0 saturated heterocycles. The fourth-order valence-electron chi connectivity index (χ4n) is 3.64. The number of rotatable bonds is 3. The summed E-state index contributed by atoms with van der Waals surface area (Å²) in [5.41, 5.74) is 0.613. The number of aromatic amines is 1. The van der Waals surface area contributed by atoms with E-state index in [2.05, 4.69) is 19.9 Å². The van der Waals surface area contributed by atoms with Crippen molar-refractivity contribution < 1.29 is 26.8 Å². The molecule has 8 nitrogen and oxygen atoms in total. The van der Waals surface area contributed by atoms with Crippen LogP contribution in [-0.2, 0) is 12.3 Å². The molecule has 11 heteroatoms. The summed E-state index contributed by atoms with van der Waals surface area (Å²) < 4.78 is 52.5. The standard InChI is InChI=1S/C19H14F3N5O3/c1-19(21,22)16-15(29-8-25-16)18(28)27-6-5-10-12(24-7-23-10)13(27)17-26-11-4-2-3-9(20)14(11)30-17/h2-4,7-8,13H,5-6H2,1H3,(H,23,24)/t13-/m0/s1. The predicted octanol–water partition coefficient (Wildman–Crippen LogP) is 3.58. The van der Waals surface area contributed by atoms with E-state index >= 15 is 0 Å². The number of carbonyl (C=O) groups excluding carboxylic acids is 1. The maximum Gasteiger partial charge on any atom is 0.292 e. The Balaban J connectivity index is 1.63. The molecule has 4 aromatic rings. The number of oxazole rings is 2. The maximum absolute atomic E-state index is 14.1. The molecule has 1 N–H and O–H groups in total. The van der Waals surface area contributed by atoms with Crippen molar-refractivity contribution in [3.8, 4) is 0 Å². The van der Waals surface area contributed by atoms with Gasteiger partial charge in [-0.3, -0.25) is 4.79 Å². The van der Waals surface area contributed by atoms with E-state index in [-0.39, 0.29) is 23.5 Å². The first kappa shape index (κ1) is 18.4. The number of alkyl halides is 2. The van der Waals surface area contributed by atoms with Crippen molar-refractivity contribution in [2.24, 2.45) is 0 Å². The van der Waals surface area contributed by atoms with Crippen molar-refractivity contribution in [1.29, 1.82) is 0 Å². The molecule has 1 amide bonds. The van der Waals surface area contributed by atoms with Crippen LogP contribution in [-0.4, -0.2) is 37.3 Å². The molecule has 30 heavy (non-hydrogen) atoms. The first-order valence-electron chi connectivity index (χ1n) is 9.04. The summed E-state index contributed by atoms with van der Waals surface area (Å²) in [6.45, 7) is 0.778. The predicted molar refractivity (Wildman–Crippen MR) is 95.2 cm³/mol. The van der Waals surface area contributed by atoms with E-state index in [0.717, 1.165) is 12.1 Å². The summed E-state index contributed by atoms with van der Waals surface area (Å²) in [4.78, 5) is 29.5. The summed E-state index contributed by atoms with van der Waals surface area (Å²) >= 11 is 0. The second-order valence-corrected chi connectivity index (χ2v) is 6.98. The Kier molecular flexibility index (Phi) is 3.95. The maximum atomic E-state index is 14.1. The summed E-state index contributed by atoms with van der Waals surface area (Å²) in [6.07, 6.45) is 2.65. The normalized spacial score (nSPS) is 16.8. The van der Waals surface area contributed by atoms with E-state index in [1.54, 1.807) is 6.07 Å². The second-order valence-electron chi connectivity index (χ2n) is 6.98. The number of nitrogens with one attached hydrogen (secondary N) is 1. The number of nitrogens with zero attached hydrogens (tertiary/aromatic N) is 4. The second kappa shape index (κ2) is 6.44. The number of carbonyl (C=O) groups is 1. The molecule has 3 aromatic heterocycles. The summed E-state index contributed by atoms with van der Waals surface area (Å²) in [5.74, 6) is -5.35. The van der Waals surface area contributed by atoms with Gasteiger partial charge < -0.3 is 18.7 Å². The van der Waals surface area contributed by atoms with Crippen molar-refractivity contribution in [3.63, 3.8) is 0 Å². The molecular formula is C19H14F3N5O3. The third-order valence-electron chi connectivity index (χ3n) is 4.98. The SMILES string of the molecule is CC(F)(F)c1ncoc1C(=O)N1CCc2[nH]cnc2[C@H]1c1nc2cccc(F)c2o1. The topological polar surface area (TPSA) is 101 Å². The lowest BCUT2D eigenvalue weighted by Gasteiger charge is -2.32. The van der Waals surface area contributed by atoms with Gasteiger partial charge in [0, 0.05) is 25.6 Å². The van der Waals surface area contributed by atoms with Gasteiger partial charge in [0.05, 0.1) is 12.0 Å². The van der Waals surface area contributed by atoms with Crippen LogP contribution in [0.2, 0.25) is 0 Å². The third-order valence-corrected chi connectivity index (χ3v) is 4.98. The van der Waals surface area contributed by atoms with Crippen LogP contribution in [0, 0.1) is 5.82 Å². The highest BCUT2D eigenvalue weighted by atomic mass is 19.3. The number of hydrogen-bond donors (Lipinski definition) is 1. The van der Waals surface area contributed by atoms with E-state index in [0.29, 0.717) is 19.0 Å². The first-order valence-corrected chi connectivity index (χ1v) is 9.04. The molecule has 0 fully saturated rings. The Morgan fingerprint density at radius 3 is 2.93 bits per heavy atom. The number of benzene rings is 1. The smallest absolute Gasteiger partial charge is 0.292 e. The molecule has 1 aliphatic heterocycles. The molecule has 1 aromatic carbocycles. The van der Waals surface area contributed by atoms with Gasteiger partial charge in [0.15, 0.2) is 29.5 Å². The van der Waals surface area contributed by atoms with Crippen LogP contribution in [0.4, 0.5) is 13.2 Å². The van der Waals surface area contributed by atoms with Gasteiger partial charge in [-0.05, 0) is 12.1 Å². The monoisotopic (exact) mass is 417 g/mol. The molecule has 4 heterocycles. The fraction of sp³-hybridized carbons (Fsp3) is 0.263. The van der Waals surface area contributed by atoms with Crippen molar-refractivity contribution in [2.75, 3.05) is 6.54 Å². The van der Waals surface area contributed by atoms with Crippen LogP contribution in [0.1, 0.15) is 46.5 Å². The zero-order valence-corrected chi connectivity index (χ0v) is 15.5. The zero-order valence-electron chi connectivity index (χ0n) is 15.5. The lowest BCUT2D eigenvalue weighted by Crippen LogP contribution is -2.41. The Morgan fingerprint density at radius 1 is 1.33 bits per heavy atom. The highest BCUT2D eigenvalue weighted by Gasteiger charge is 2.42. The minimum atomic E-state index is -3.37. The van der Waals surface area contributed by atoms with E-state index in [9.17, 15) is 18.0 Å². The van der Waals surface area contributed by atoms with Crippen LogP contribution in [0.25, 0.3) is 11.1 Å². The summed E-state index contributed by atoms with van der Waals surface area (Å²) in [7, 11) is 0. The van der Waals surface area contributed by atoms with Gasteiger partial charge in [-0.25, -0.2) is 19.3 Å². The fourth-order valence-corrected chi connectivity index (χ4v) is 3.64. The molecule has 0 unspecified atom stereocenters. The first-order chi connectivity index (χ1) is 14.3. The number of para-hydroxylation sites is 1. The van der Waals surface area contributed by atoms with Crippen LogP contribution in [0.5, 0.6) is 0 Å². The molecule has 0 radical (unpaired) electrons. The lowest BCUT2D eigenvalue weighted by atomic mass is 10.0. The van der Waals surface area contributed by atoms with E-state index in [1.165, 1.54) is 23.4 Å². The van der Waals surface area contributed by atoms with Gasteiger partial charge in [-0.15, -0.1) is 0 Å². The van der Waals surface area contributed by atoms with Gasteiger partial charge in [-0.2, -0.15) is 8.78 Å². The Morgan fingerprint density at radius 2 is 2.17 bits per heavy atom. The number of fused-ring (bicyclic) bond motifs is 2. The molecule has 1 atom stereocenters. The number of imidazole rings is 1. The Bertz CT molecular complexity index is 1260. The molecule has 5 rings (SSSR count). The number of halogens is 3. The van der Waals surface area contributed by atoms with Gasteiger partial charge >= 0.3 is 0 Å². The van der Waals surface area contributed by atoms with Crippen LogP contribution >= 0.6 is 0 Å². The highest BCUT2D eigenvalue weighted by Crippen LogP contribution is 2.37. The quantitative estimate of drug-likeness (QED) is 0.547. The summed E-state index contributed by atoms with van der Waals surface area (Å²) in [6, 6.07) is 3.32. The number of H-pyrrole nitrogens is 1. The largest absolute Gasteiger partial charge is 0.438 e. The van der Waals surface area contributed by atoms with E-state index < -0.39 is 35.1 Å². The molecule has 0 saturated carbocycles. The van der Waals surface area contributed by atoms with Crippen molar-refractivity contribution in [2.45, 2.75) is 25.3 Å². The number of hydrogen-bond acceptors (Lipinski definition) is 6. The van der Waals surface area contributed by atoms with Gasteiger partial charge in [0.25, 0.3) is 11.8 Å². The van der Waals surface area contributed by atoms with E-state index in [1.807, 2.05) is 0 Å². The molecule has 0 aliphatic carbocycles. The van der Waals surface area contributed by atoms with Crippen molar-refractivity contribution in [3.05, 3.63) is 65.5 Å². The number of aromatic nitrogens is 4. The minimum Gasteiger partial charge on any atom is -0.438 e. The lowest BCUT2D eigenvalue weighted by molar-refractivity contribution is 0.0102. The highest BCUT2D eigenvalue weighted by molar-refractivity contribution is 5.93. The average molecular weight is 417 g/mol. The molecule has 1 aliphatic rings. The van der Waals surface area contributed by atoms with Crippen molar-refractivity contribution >= 4 is 17.0 Å². The minimum absolute atomic E-state index is 0.0147. The van der Waals surface area contributed by atoms with Crippen LogP contribution in [0.3, 0.4) is 0 Å². The molecular weight excluding hydrogens is 403 g/mol. The summed E-state index contributed by atoms with van der Waals surface area (Å²) in [5, 5.41) is 0. The third kappa shape index (κ3) is 2.77. The van der Waals surface area contributed by atoms with E-state index in [4.69, 9.17) is 8.83 Å². The van der Waals surface area contributed by atoms with Gasteiger partial charge in [-0.1, -0.05) is 6.07 Å². The van der Waals surface area contributed by atoms with Gasteiger partial charge in [0.2, 0.25) is 11.7 Å². The molecule has 0 bridgehead atoms. The molecule has 0 spiro atoms. The zero-order chi connectivity index (χ0) is 21.0. The van der Waals surface area contributed by atoms with Crippen LogP contribution < -0.4 is 0 Å². The number of amides is 1. The van der Waals surface area contributed by atoms with Crippen LogP contribution in [0.15, 0.2) is 39.8 Å². The van der Waals surface area contributed by atoms with Crippen molar-refractivity contribution in [1.82, 2.24) is 24.8 Å².